The first-order chi connectivity index (χ1) is 7.45. The lowest BCUT2D eigenvalue weighted by Crippen LogP contribution is -2.11. The number of hydrogen-bond donors (Lipinski definition) is 1. The molecule has 0 aromatic rings. The van der Waals surface area contributed by atoms with Gasteiger partial charge in [-0.3, -0.25) is 4.79 Å². The van der Waals surface area contributed by atoms with E-state index in [1.807, 2.05) is 0 Å². The Labute approximate surface area is 83.8 Å². The fraction of sp³-hybridized carbons (Fsp3) is 0.182. The zero-order valence-corrected chi connectivity index (χ0v) is 7.88. The molecule has 0 bridgehead atoms. The Bertz CT molecular complexity index is 602. The van der Waals surface area contributed by atoms with Crippen molar-refractivity contribution in [3.63, 3.8) is 0 Å². The smallest absolute Gasteiger partial charge is 0.357 e. The topological polar surface area (TPSA) is 54.8 Å². The third-order valence-electron chi connectivity index (χ3n) is 2.13. The minimum atomic E-state index is -0.302. The largest absolute Gasteiger partial charge is 0.507 e. The van der Waals surface area contributed by atoms with Gasteiger partial charge in [-0.15, -0.1) is 0 Å². The average Bonchev–Trinajstić information content (AvgIpc) is 2.27. The fourth-order valence-electron chi connectivity index (χ4n) is 1.28. The van der Waals surface area contributed by atoms with Crippen molar-refractivity contribution >= 4 is 0 Å². The van der Waals surface area contributed by atoms with Crippen molar-refractivity contribution in [2.24, 2.45) is 0 Å². The molecule has 2 N–H and O–H groups in total. The summed E-state index contributed by atoms with van der Waals surface area (Å²) in [6.45, 7) is 3.10. The SMILES string of the molecule is [2H]c1c(C)occ2c(=[OH+])c(C)c(O)c([2H])c1-2. The highest BCUT2D eigenvalue weighted by Gasteiger charge is 2.17. The molecule has 0 unspecified atom stereocenters. The van der Waals surface area contributed by atoms with Gasteiger partial charge >= 0.3 is 5.43 Å². The first-order valence-electron chi connectivity index (χ1n) is 5.18. The molecule has 3 nitrogen and oxygen atoms in total. The van der Waals surface area contributed by atoms with Gasteiger partial charge in [0.2, 0.25) is 0 Å². The highest BCUT2D eigenvalue weighted by Crippen LogP contribution is 2.25. The predicted octanol–water partition coefficient (Wildman–Crippen LogP) is 1.71. The number of phenols is 1. The Hall–Kier alpha value is -1.77. The molecule has 0 atom stereocenters. The van der Waals surface area contributed by atoms with E-state index in [0.717, 1.165) is 0 Å². The summed E-state index contributed by atoms with van der Waals surface area (Å²) in [5.41, 5.74) is 0.539. The monoisotopic (exact) mass is 193 g/mol. The second-order valence-corrected chi connectivity index (χ2v) is 3.15. The summed E-state index contributed by atoms with van der Waals surface area (Å²) < 4.78 is 20.6. The number of aryl methyl sites for hydroxylation is 1. The minimum absolute atomic E-state index is 0.00750. The van der Waals surface area contributed by atoms with E-state index in [1.165, 1.54) is 13.2 Å². The van der Waals surface area contributed by atoms with Gasteiger partial charge in [-0.2, -0.15) is 0 Å². The summed E-state index contributed by atoms with van der Waals surface area (Å²) in [5, 5.41) is 9.64. The molecule has 1 heterocycles. The van der Waals surface area contributed by atoms with Crippen LogP contribution in [0.1, 0.15) is 14.1 Å². The number of fused-ring (bicyclic) bond motifs is 1. The van der Waals surface area contributed by atoms with Crippen LogP contribution in [0.15, 0.2) is 22.8 Å². The number of aromatic hydroxyl groups is 1. The van der Waals surface area contributed by atoms with Crippen molar-refractivity contribution < 1.29 is 17.1 Å². The van der Waals surface area contributed by atoms with Gasteiger partial charge in [-0.25, -0.2) is 0 Å². The van der Waals surface area contributed by atoms with Gasteiger partial charge < -0.3 is 9.52 Å². The highest BCUT2D eigenvalue weighted by atomic mass is 16.3. The average molecular weight is 193 g/mol. The van der Waals surface area contributed by atoms with Gasteiger partial charge in [-0.05, 0) is 25.9 Å². The summed E-state index contributed by atoms with van der Waals surface area (Å²) in [5.74, 6) is 0.0350. The van der Waals surface area contributed by atoms with Crippen LogP contribution in [0.4, 0.5) is 0 Å². The van der Waals surface area contributed by atoms with E-state index in [1.54, 1.807) is 6.92 Å². The zero-order valence-electron chi connectivity index (χ0n) is 9.88. The quantitative estimate of drug-likeness (QED) is 0.647. The second kappa shape index (κ2) is 2.87. The minimum Gasteiger partial charge on any atom is -0.507 e. The maximum atomic E-state index is 9.79. The van der Waals surface area contributed by atoms with E-state index in [9.17, 15) is 9.90 Å². The molecule has 0 aromatic heterocycles. The summed E-state index contributed by atoms with van der Waals surface area (Å²) in [4.78, 5) is 9.79. The molecular weight excluding hydrogens is 180 g/mol. The first kappa shape index (κ1) is 6.65. The Kier molecular flexibility index (Phi) is 1.36. The van der Waals surface area contributed by atoms with Crippen LogP contribution >= 0.6 is 0 Å². The lowest BCUT2D eigenvalue weighted by atomic mass is 10.0. The van der Waals surface area contributed by atoms with Crippen LogP contribution in [-0.4, -0.2) is 9.90 Å². The Morgan fingerprint density at radius 3 is 2.86 bits per heavy atom. The van der Waals surface area contributed by atoms with Crippen molar-refractivity contribution in [1.29, 1.82) is 0 Å². The molecule has 0 spiro atoms. The van der Waals surface area contributed by atoms with Crippen LogP contribution in [0, 0.1) is 13.8 Å². The molecule has 14 heavy (non-hydrogen) atoms. The van der Waals surface area contributed by atoms with Crippen molar-refractivity contribution in [3.8, 4) is 16.9 Å². The Morgan fingerprint density at radius 1 is 1.43 bits per heavy atom. The predicted molar refractivity (Wildman–Crippen MR) is 51.5 cm³/mol. The molecule has 0 saturated carbocycles. The molecule has 0 saturated heterocycles. The van der Waals surface area contributed by atoms with Crippen LogP contribution in [0.3, 0.4) is 0 Å². The van der Waals surface area contributed by atoms with E-state index >= 15 is 0 Å². The standard InChI is InChI=1S/C11H10O3/c1-6-3-8-4-10(12)7(2)11(13)9(8)5-14-6/h3-5,12H,1-2H3/p+1/i3D,4D. The van der Waals surface area contributed by atoms with Gasteiger partial charge in [-0.1, -0.05) is 0 Å². The van der Waals surface area contributed by atoms with Crippen LogP contribution in [0.2, 0.25) is 0 Å². The van der Waals surface area contributed by atoms with E-state index in [4.69, 9.17) is 7.16 Å². The van der Waals surface area contributed by atoms with Gasteiger partial charge in [0.15, 0.2) is 0 Å². The first-order valence-corrected chi connectivity index (χ1v) is 4.18. The van der Waals surface area contributed by atoms with Gasteiger partial charge in [0, 0.05) is 5.56 Å². The molecule has 2 aliphatic rings. The molecule has 0 amide bonds. The normalized spacial score (nSPS) is 12.7. The van der Waals surface area contributed by atoms with Crippen LogP contribution in [-0.2, 0) is 0 Å². The van der Waals surface area contributed by atoms with E-state index in [0.29, 0.717) is 5.76 Å². The Morgan fingerprint density at radius 2 is 2.14 bits per heavy atom. The van der Waals surface area contributed by atoms with Crippen LogP contribution in [0.5, 0.6) is 5.75 Å². The molecular formula is C11H11O3+. The van der Waals surface area contributed by atoms with Crippen molar-refractivity contribution in [2.75, 3.05) is 0 Å². The third-order valence-corrected chi connectivity index (χ3v) is 2.13. The fourth-order valence-corrected chi connectivity index (χ4v) is 1.28. The number of hydrogen-bond acceptors (Lipinski definition) is 2. The number of phenolic OH excluding ortho intramolecular Hbond substituents is 1. The van der Waals surface area contributed by atoms with Crippen LogP contribution in [0.25, 0.3) is 11.1 Å². The maximum Gasteiger partial charge on any atom is 0.357 e. The van der Waals surface area contributed by atoms with Crippen molar-refractivity contribution in [1.82, 2.24) is 0 Å². The van der Waals surface area contributed by atoms with Gasteiger partial charge in [0.25, 0.3) is 0 Å². The highest BCUT2D eigenvalue weighted by molar-refractivity contribution is 5.66. The summed E-state index contributed by atoms with van der Waals surface area (Å²) in [7, 11) is 0. The molecule has 0 radical (unpaired) electrons. The van der Waals surface area contributed by atoms with E-state index in [-0.39, 0.29) is 40.0 Å². The summed E-state index contributed by atoms with van der Waals surface area (Å²) in [6.07, 6.45) is 1.29. The number of rotatable bonds is 0. The van der Waals surface area contributed by atoms with Gasteiger partial charge in [0.05, 0.1) is 8.30 Å². The second-order valence-electron chi connectivity index (χ2n) is 3.15. The lowest BCUT2D eigenvalue weighted by molar-refractivity contribution is 0.462. The van der Waals surface area contributed by atoms with E-state index < -0.39 is 0 Å². The molecule has 0 aromatic carbocycles. The van der Waals surface area contributed by atoms with E-state index in [2.05, 4.69) is 0 Å². The molecule has 3 heteroatoms. The Balaban J connectivity index is 3.08. The molecule has 2 rings (SSSR count). The number of benzene rings is 1. The zero-order chi connectivity index (χ0) is 12.0. The van der Waals surface area contributed by atoms with Crippen molar-refractivity contribution in [2.45, 2.75) is 13.8 Å². The lowest BCUT2D eigenvalue weighted by Gasteiger charge is -2.04. The third kappa shape index (κ3) is 1.18. The molecule has 1 aliphatic carbocycles. The van der Waals surface area contributed by atoms with Gasteiger partial charge in [0.1, 0.15) is 23.3 Å². The molecule has 72 valence electrons. The summed E-state index contributed by atoms with van der Waals surface area (Å²) in [6, 6.07) is -0.151. The van der Waals surface area contributed by atoms with Crippen molar-refractivity contribution in [3.05, 3.63) is 35.1 Å². The van der Waals surface area contributed by atoms with Crippen LogP contribution < -0.4 is 5.43 Å². The summed E-state index contributed by atoms with van der Waals surface area (Å²) >= 11 is 0. The molecule has 1 aliphatic heterocycles. The maximum absolute atomic E-state index is 9.79. The molecule has 0 fully saturated rings.